The normalized spacial score (nSPS) is 11.5. The van der Waals surface area contributed by atoms with Crippen molar-refractivity contribution in [3.63, 3.8) is 0 Å². The van der Waals surface area contributed by atoms with Gasteiger partial charge in [-0.25, -0.2) is 4.98 Å². The molecule has 0 unspecified atom stereocenters. The molecule has 0 radical (unpaired) electrons. The Kier molecular flexibility index (Phi) is 5.34. The van der Waals surface area contributed by atoms with Gasteiger partial charge in [-0.1, -0.05) is 30.3 Å². The first-order valence-corrected chi connectivity index (χ1v) is 9.56. The Morgan fingerprint density at radius 1 is 1.12 bits per heavy atom. The first kappa shape index (κ1) is 17.8. The minimum Gasteiger partial charge on any atom is -0.332 e. The van der Waals surface area contributed by atoms with Crippen LogP contribution in [0.1, 0.15) is 5.56 Å². The summed E-state index contributed by atoms with van der Waals surface area (Å²) >= 11 is 3.12. The molecule has 2 aromatic carbocycles. The second-order valence-corrected chi connectivity index (χ2v) is 7.12. The van der Waals surface area contributed by atoms with E-state index >= 15 is 0 Å². The van der Waals surface area contributed by atoms with Gasteiger partial charge in [-0.2, -0.15) is 13.2 Å². The summed E-state index contributed by atoms with van der Waals surface area (Å²) in [5, 5.41) is 5.89. The van der Waals surface area contributed by atoms with Crippen LogP contribution >= 0.6 is 23.1 Å². The quantitative estimate of drug-likeness (QED) is 0.520. The van der Waals surface area contributed by atoms with Crippen LogP contribution in [0.4, 0.5) is 24.0 Å². The SMILES string of the molecule is CSc1cccc(Nc2nc(-c3ccc(CC(F)(F)F)cc3)cs2)c1. The molecule has 0 saturated carbocycles. The summed E-state index contributed by atoms with van der Waals surface area (Å²) in [6, 6.07) is 14.4. The molecule has 0 bridgehead atoms. The molecule has 0 fully saturated rings. The third-order valence-electron chi connectivity index (χ3n) is 3.48. The molecule has 2 nitrogen and oxygen atoms in total. The van der Waals surface area contributed by atoms with Crippen LogP contribution < -0.4 is 5.32 Å². The lowest BCUT2D eigenvalue weighted by atomic mass is 10.1. The first-order valence-electron chi connectivity index (χ1n) is 7.45. The van der Waals surface area contributed by atoms with Gasteiger partial charge in [0.15, 0.2) is 5.13 Å². The summed E-state index contributed by atoms with van der Waals surface area (Å²) < 4.78 is 37.2. The monoisotopic (exact) mass is 380 g/mol. The standard InChI is InChI=1S/C18H15F3N2S2/c1-24-15-4-2-3-14(9-15)22-17-23-16(11-25-17)13-7-5-12(6-8-13)10-18(19,20)21/h2-9,11H,10H2,1H3,(H,22,23). The van der Waals surface area contributed by atoms with Crippen LogP contribution in [0, 0.1) is 0 Å². The molecule has 0 spiro atoms. The number of anilines is 2. The third kappa shape index (κ3) is 4.99. The predicted octanol–water partition coefficient (Wildman–Crippen LogP) is 6.38. The summed E-state index contributed by atoms with van der Waals surface area (Å²) in [5.41, 5.74) is 2.74. The molecule has 7 heteroatoms. The lowest BCUT2D eigenvalue weighted by molar-refractivity contribution is -0.127. The number of nitrogens with one attached hydrogen (secondary N) is 1. The van der Waals surface area contributed by atoms with Gasteiger partial charge in [-0.3, -0.25) is 0 Å². The minimum absolute atomic E-state index is 0.249. The largest absolute Gasteiger partial charge is 0.393 e. The highest BCUT2D eigenvalue weighted by molar-refractivity contribution is 7.98. The van der Waals surface area contributed by atoms with E-state index in [0.717, 1.165) is 27.0 Å². The van der Waals surface area contributed by atoms with Crippen molar-refractivity contribution in [2.75, 3.05) is 11.6 Å². The maximum absolute atomic E-state index is 12.4. The van der Waals surface area contributed by atoms with Gasteiger partial charge >= 0.3 is 6.18 Å². The molecule has 0 aliphatic rings. The van der Waals surface area contributed by atoms with Crippen molar-refractivity contribution in [1.82, 2.24) is 4.98 Å². The van der Waals surface area contributed by atoms with Crippen molar-refractivity contribution in [1.29, 1.82) is 0 Å². The summed E-state index contributed by atoms with van der Waals surface area (Å²) in [6.45, 7) is 0. The predicted molar refractivity (Wildman–Crippen MR) is 98.8 cm³/mol. The fourth-order valence-electron chi connectivity index (χ4n) is 2.31. The number of thiazole rings is 1. The second kappa shape index (κ2) is 7.49. The van der Waals surface area contributed by atoms with Crippen LogP contribution in [0.25, 0.3) is 11.3 Å². The molecule has 1 heterocycles. The summed E-state index contributed by atoms with van der Waals surface area (Å²) in [6.07, 6.45) is -3.09. The molecule has 0 saturated heterocycles. The average Bonchev–Trinajstić information content (AvgIpc) is 3.03. The smallest absolute Gasteiger partial charge is 0.332 e. The number of rotatable bonds is 5. The highest BCUT2D eigenvalue weighted by Crippen LogP contribution is 2.29. The van der Waals surface area contributed by atoms with Crippen LogP contribution in [0.5, 0.6) is 0 Å². The van der Waals surface area contributed by atoms with E-state index in [-0.39, 0.29) is 5.56 Å². The Labute approximate surface area is 152 Å². The molecular weight excluding hydrogens is 365 g/mol. The van der Waals surface area contributed by atoms with Crippen LogP contribution in [0.3, 0.4) is 0 Å². The Morgan fingerprint density at radius 3 is 2.56 bits per heavy atom. The number of aromatic nitrogens is 1. The Morgan fingerprint density at radius 2 is 1.88 bits per heavy atom. The van der Waals surface area contributed by atoms with Gasteiger partial charge in [0.05, 0.1) is 12.1 Å². The van der Waals surface area contributed by atoms with Gasteiger partial charge in [0.1, 0.15) is 0 Å². The molecule has 1 aromatic heterocycles. The van der Waals surface area contributed by atoms with Crippen molar-refractivity contribution < 1.29 is 13.2 Å². The number of benzene rings is 2. The number of alkyl halides is 3. The zero-order valence-corrected chi connectivity index (χ0v) is 14.9. The van der Waals surface area contributed by atoms with E-state index in [1.54, 1.807) is 23.9 Å². The molecule has 130 valence electrons. The van der Waals surface area contributed by atoms with E-state index in [1.807, 2.05) is 35.9 Å². The third-order valence-corrected chi connectivity index (χ3v) is 4.96. The van der Waals surface area contributed by atoms with Crippen LogP contribution in [0.2, 0.25) is 0 Å². The highest BCUT2D eigenvalue weighted by atomic mass is 32.2. The maximum atomic E-state index is 12.4. The van der Waals surface area contributed by atoms with Crippen molar-refractivity contribution in [3.05, 3.63) is 59.5 Å². The number of hydrogen-bond acceptors (Lipinski definition) is 4. The van der Waals surface area contributed by atoms with Gasteiger partial charge in [0.25, 0.3) is 0 Å². The summed E-state index contributed by atoms with van der Waals surface area (Å²) in [7, 11) is 0. The second-order valence-electron chi connectivity index (χ2n) is 5.38. The van der Waals surface area contributed by atoms with Crippen molar-refractivity contribution in [3.8, 4) is 11.3 Å². The maximum Gasteiger partial charge on any atom is 0.393 e. The number of nitrogens with zero attached hydrogens (tertiary/aromatic N) is 1. The fourth-order valence-corrected chi connectivity index (χ4v) is 3.51. The highest BCUT2D eigenvalue weighted by Gasteiger charge is 2.27. The van der Waals surface area contributed by atoms with Crippen LogP contribution in [-0.2, 0) is 6.42 Å². The van der Waals surface area contributed by atoms with E-state index in [2.05, 4.69) is 10.3 Å². The number of halogens is 3. The zero-order valence-electron chi connectivity index (χ0n) is 13.3. The van der Waals surface area contributed by atoms with E-state index in [0.29, 0.717) is 0 Å². The lowest BCUT2D eigenvalue weighted by Gasteiger charge is -2.06. The fraction of sp³-hybridized carbons (Fsp3) is 0.167. The van der Waals surface area contributed by atoms with Gasteiger partial charge in [-0.15, -0.1) is 23.1 Å². The molecule has 0 aliphatic heterocycles. The Hall–Kier alpha value is -1.99. The molecule has 25 heavy (non-hydrogen) atoms. The minimum atomic E-state index is -4.19. The molecule has 3 rings (SSSR count). The van der Waals surface area contributed by atoms with Gasteiger partial charge in [0.2, 0.25) is 0 Å². The number of thioether (sulfide) groups is 1. The molecule has 0 aliphatic carbocycles. The van der Waals surface area contributed by atoms with E-state index in [1.165, 1.54) is 23.5 Å². The van der Waals surface area contributed by atoms with E-state index < -0.39 is 12.6 Å². The van der Waals surface area contributed by atoms with Crippen molar-refractivity contribution >= 4 is 33.9 Å². The number of hydrogen-bond donors (Lipinski definition) is 1. The van der Waals surface area contributed by atoms with Crippen LogP contribution in [-0.4, -0.2) is 17.4 Å². The van der Waals surface area contributed by atoms with Crippen molar-refractivity contribution in [2.45, 2.75) is 17.5 Å². The van der Waals surface area contributed by atoms with E-state index in [9.17, 15) is 13.2 Å². The van der Waals surface area contributed by atoms with Crippen molar-refractivity contribution in [2.24, 2.45) is 0 Å². The topological polar surface area (TPSA) is 24.9 Å². The van der Waals surface area contributed by atoms with E-state index in [4.69, 9.17) is 0 Å². The molecule has 0 atom stereocenters. The van der Waals surface area contributed by atoms with Crippen LogP contribution in [0.15, 0.2) is 58.8 Å². The lowest BCUT2D eigenvalue weighted by Crippen LogP contribution is -2.11. The summed E-state index contributed by atoms with van der Waals surface area (Å²) in [5.74, 6) is 0. The Bertz CT molecular complexity index is 842. The molecule has 0 amide bonds. The summed E-state index contributed by atoms with van der Waals surface area (Å²) in [4.78, 5) is 5.67. The first-order chi connectivity index (χ1) is 11.9. The Balaban J connectivity index is 1.72. The van der Waals surface area contributed by atoms with Gasteiger partial charge in [0, 0.05) is 21.5 Å². The van der Waals surface area contributed by atoms with Gasteiger partial charge in [-0.05, 0) is 30.0 Å². The zero-order chi connectivity index (χ0) is 17.9. The average molecular weight is 380 g/mol. The molecular formula is C18H15F3N2S2. The molecule has 1 N–H and O–H groups in total. The van der Waals surface area contributed by atoms with Gasteiger partial charge < -0.3 is 5.32 Å². The molecule has 3 aromatic rings.